The maximum Gasteiger partial charge on any atom is 0.257 e. The molecule has 0 aliphatic rings. The molecule has 0 radical (unpaired) electrons. The van der Waals surface area contributed by atoms with Crippen LogP contribution in [0, 0.1) is 6.92 Å². The van der Waals surface area contributed by atoms with Crippen molar-refractivity contribution in [2.75, 3.05) is 0 Å². The first-order chi connectivity index (χ1) is 9.11. The number of aryl methyl sites for hydroxylation is 1. The first-order valence-corrected chi connectivity index (χ1v) is 7.09. The van der Waals surface area contributed by atoms with E-state index in [0.717, 1.165) is 4.90 Å². The molecule has 2 aromatic rings. The molecule has 5 heteroatoms. The zero-order chi connectivity index (χ0) is 13.8. The van der Waals surface area contributed by atoms with E-state index in [4.69, 9.17) is 0 Å². The molecular formula is C14H16N2O2S. The minimum absolute atomic E-state index is 0.161. The van der Waals surface area contributed by atoms with E-state index in [0.29, 0.717) is 23.6 Å². The third-order valence-corrected chi connectivity index (χ3v) is 4.04. The van der Waals surface area contributed by atoms with Gasteiger partial charge < -0.3 is 10.1 Å². The van der Waals surface area contributed by atoms with Gasteiger partial charge in [-0.2, -0.15) is 4.98 Å². The molecule has 0 amide bonds. The van der Waals surface area contributed by atoms with Crippen molar-refractivity contribution in [1.82, 2.24) is 9.97 Å². The molecule has 0 saturated carbocycles. The van der Waals surface area contributed by atoms with Crippen molar-refractivity contribution >= 4 is 11.8 Å². The molecule has 1 aromatic heterocycles. The first kappa shape index (κ1) is 13.7. The number of aromatic nitrogens is 2. The minimum Gasteiger partial charge on any atom is -0.493 e. The molecule has 0 saturated heterocycles. The van der Waals surface area contributed by atoms with Gasteiger partial charge in [-0.25, -0.2) is 0 Å². The summed E-state index contributed by atoms with van der Waals surface area (Å²) in [5.74, 6) is 0.858. The number of nitrogens with zero attached hydrogens (tertiary/aromatic N) is 1. The van der Waals surface area contributed by atoms with Crippen LogP contribution >= 0.6 is 11.8 Å². The van der Waals surface area contributed by atoms with Crippen LogP contribution in [0.5, 0.6) is 5.88 Å². The quantitative estimate of drug-likeness (QED) is 0.843. The summed E-state index contributed by atoms with van der Waals surface area (Å²) >= 11 is 1.59. The van der Waals surface area contributed by atoms with Crippen molar-refractivity contribution in [3.8, 4) is 5.88 Å². The number of aromatic hydroxyl groups is 1. The Morgan fingerprint density at radius 3 is 2.74 bits per heavy atom. The smallest absolute Gasteiger partial charge is 0.257 e. The highest BCUT2D eigenvalue weighted by atomic mass is 32.2. The van der Waals surface area contributed by atoms with E-state index < -0.39 is 0 Å². The van der Waals surface area contributed by atoms with Gasteiger partial charge in [0.25, 0.3) is 5.56 Å². The van der Waals surface area contributed by atoms with Gasteiger partial charge in [0.1, 0.15) is 5.82 Å². The van der Waals surface area contributed by atoms with Crippen LogP contribution < -0.4 is 5.56 Å². The van der Waals surface area contributed by atoms with E-state index in [9.17, 15) is 9.90 Å². The first-order valence-electron chi connectivity index (χ1n) is 6.11. The molecule has 0 spiro atoms. The van der Waals surface area contributed by atoms with E-state index in [1.807, 2.05) is 38.1 Å². The molecule has 0 aliphatic heterocycles. The van der Waals surface area contributed by atoms with E-state index >= 15 is 0 Å². The summed E-state index contributed by atoms with van der Waals surface area (Å²) in [6.45, 7) is 3.85. The average molecular weight is 276 g/mol. The van der Waals surface area contributed by atoms with Crippen molar-refractivity contribution in [2.45, 2.75) is 30.9 Å². The van der Waals surface area contributed by atoms with Crippen LogP contribution in [0.1, 0.15) is 23.9 Å². The van der Waals surface area contributed by atoms with E-state index in [1.165, 1.54) is 5.56 Å². The fourth-order valence-electron chi connectivity index (χ4n) is 1.78. The Balaban J connectivity index is 2.17. The van der Waals surface area contributed by atoms with Crippen molar-refractivity contribution in [1.29, 1.82) is 0 Å². The molecule has 0 unspecified atom stereocenters. The van der Waals surface area contributed by atoms with Crippen LogP contribution in [0.3, 0.4) is 0 Å². The van der Waals surface area contributed by atoms with Crippen LogP contribution in [-0.2, 0) is 12.2 Å². The van der Waals surface area contributed by atoms with Gasteiger partial charge in [-0.3, -0.25) is 4.79 Å². The zero-order valence-corrected chi connectivity index (χ0v) is 11.8. The minimum atomic E-state index is -0.254. The third kappa shape index (κ3) is 3.17. The largest absolute Gasteiger partial charge is 0.493 e. The normalized spacial score (nSPS) is 10.6. The lowest BCUT2D eigenvalue weighted by molar-refractivity contribution is 0.441. The fourth-order valence-corrected chi connectivity index (χ4v) is 2.68. The highest BCUT2D eigenvalue weighted by Crippen LogP contribution is 2.24. The van der Waals surface area contributed by atoms with Crippen molar-refractivity contribution < 1.29 is 5.11 Å². The highest BCUT2D eigenvalue weighted by molar-refractivity contribution is 7.98. The zero-order valence-electron chi connectivity index (χ0n) is 10.9. The topological polar surface area (TPSA) is 66.0 Å². The number of hydrogen-bond acceptors (Lipinski definition) is 4. The molecule has 1 aromatic carbocycles. The Labute approximate surface area is 115 Å². The van der Waals surface area contributed by atoms with Crippen LogP contribution in [0.25, 0.3) is 0 Å². The predicted molar refractivity (Wildman–Crippen MR) is 76.6 cm³/mol. The molecule has 0 atom stereocenters. The lowest BCUT2D eigenvalue weighted by atomic mass is 10.2. The van der Waals surface area contributed by atoms with Gasteiger partial charge in [-0.1, -0.05) is 25.1 Å². The molecule has 0 bridgehead atoms. The van der Waals surface area contributed by atoms with Gasteiger partial charge >= 0.3 is 0 Å². The summed E-state index contributed by atoms with van der Waals surface area (Å²) in [6.07, 6.45) is 0.472. The molecule has 2 rings (SSSR count). The molecule has 0 aliphatic carbocycles. The summed E-state index contributed by atoms with van der Waals surface area (Å²) in [4.78, 5) is 19.6. The number of thioether (sulfide) groups is 1. The number of nitrogens with one attached hydrogen (secondary N) is 1. The lowest BCUT2D eigenvalue weighted by Gasteiger charge is -2.06. The van der Waals surface area contributed by atoms with E-state index in [1.54, 1.807) is 11.8 Å². The van der Waals surface area contributed by atoms with Gasteiger partial charge in [0.05, 0.1) is 11.3 Å². The maximum absolute atomic E-state index is 11.7. The monoisotopic (exact) mass is 276 g/mol. The average Bonchev–Trinajstić information content (AvgIpc) is 2.37. The van der Waals surface area contributed by atoms with Crippen LogP contribution in [0.15, 0.2) is 34.0 Å². The van der Waals surface area contributed by atoms with Crippen molar-refractivity contribution in [2.24, 2.45) is 0 Å². The van der Waals surface area contributed by atoms with E-state index in [2.05, 4.69) is 9.97 Å². The second-order valence-electron chi connectivity index (χ2n) is 4.22. The summed E-state index contributed by atoms with van der Waals surface area (Å²) < 4.78 is 0. The highest BCUT2D eigenvalue weighted by Gasteiger charge is 2.09. The molecule has 4 nitrogen and oxygen atoms in total. The van der Waals surface area contributed by atoms with Crippen molar-refractivity contribution in [3.63, 3.8) is 0 Å². The SMILES string of the molecule is CCc1c(O)nc(CSc2ccccc2C)[nH]c1=O. The number of hydrogen-bond donors (Lipinski definition) is 2. The van der Waals surface area contributed by atoms with Crippen LogP contribution in [0.2, 0.25) is 0 Å². The Morgan fingerprint density at radius 2 is 2.11 bits per heavy atom. The summed E-state index contributed by atoms with van der Waals surface area (Å²) in [5, 5.41) is 9.68. The van der Waals surface area contributed by atoms with Gasteiger partial charge in [-0.05, 0) is 25.0 Å². The second kappa shape index (κ2) is 5.93. The Kier molecular flexibility index (Phi) is 4.27. The van der Waals surface area contributed by atoms with Gasteiger partial charge in [0.2, 0.25) is 5.88 Å². The molecule has 0 fully saturated rings. The summed E-state index contributed by atoms with van der Waals surface area (Å²) in [5.41, 5.74) is 1.27. The summed E-state index contributed by atoms with van der Waals surface area (Å²) in [7, 11) is 0. The predicted octanol–water partition coefficient (Wildman–Crippen LogP) is 2.64. The third-order valence-electron chi connectivity index (χ3n) is 2.85. The number of H-pyrrole nitrogens is 1. The Morgan fingerprint density at radius 1 is 1.37 bits per heavy atom. The standard InChI is InChI=1S/C14H16N2O2S/c1-3-10-13(17)15-12(16-14(10)18)8-19-11-7-5-4-6-9(11)2/h4-7H,3,8H2,1-2H3,(H2,15,16,17,18). The molecule has 1 heterocycles. The summed E-state index contributed by atoms with van der Waals surface area (Å²) in [6, 6.07) is 8.03. The number of benzene rings is 1. The number of aromatic amines is 1. The molecule has 19 heavy (non-hydrogen) atoms. The Bertz CT molecular complexity index is 638. The van der Waals surface area contributed by atoms with Crippen molar-refractivity contribution in [3.05, 3.63) is 51.6 Å². The molecule has 2 N–H and O–H groups in total. The second-order valence-corrected chi connectivity index (χ2v) is 5.24. The molecular weight excluding hydrogens is 260 g/mol. The van der Waals surface area contributed by atoms with Gasteiger partial charge in [-0.15, -0.1) is 11.8 Å². The van der Waals surface area contributed by atoms with Gasteiger partial charge in [0, 0.05) is 4.90 Å². The molecule has 100 valence electrons. The number of rotatable bonds is 4. The maximum atomic E-state index is 11.7. The van der Waals surface area contributed by atoms with E-state index in [-0.39, 0.29) is 11.4 Å². The van der Waals surface area contributed by atoms with Crippen LogP contribution in [0.4, 0.5) is 0 Å². The Hall–Kier alpha value is -1.75. The van der Waals surface area contributed by atoms with Gasteiger partial charge in [0.15, 0.2) is 0 Å². The fraction of sp³-hybridized carbons (Fsp3) is 0.286. The van der Waals surface area contributed by atoms with Crippen LogP contribution in [-0.4, -0.2) is 15.1 Å². The lowest BCUT2D eigenvalue weighted by Crippen LogP contribution is -2.15.